The number of nitrogens with zero attached hydrogens (tertiary/aromatic N) is 2. The minimum atomic E-state index is -1.14. The second kappa shape index (κ2) is 9.60. The molecule has 0 aliphatic carbocycles. The van der Waals surface area contributed by atoms with Crippen LogP contribution in [0.25, 0.3) is 10.6 Å². The van der Waals surface area contributed by atoms with E-state index in [0.717, 1.165) is 16.7 Å². The van der Waals surface area contributed by atoms with Gasteiger partial charge in [-0.25, -0.2) is 0 Å². The maximum Gasteiger partial charge on any atom is 0.251 e. The number of amides is 2. The molecule has 156 valence electrons. The number of benzene rings is 2. The second-order valence-electron chi connectivity index (χ2n) is 7.38. The van der Waals surface area contributed by atoms with Gasteiger partial charge in [-0.3, -0.25) is 14.9 Å². The number of anilines is 1. The van der Waals surface area contributed by atoms with Crippen molar-refractivity contribution in [1.82, 2.24) is 15.5 Å². The molecule has 0 saturated carbocycles. The van der Waals surface area contributed by atoms with Crippen molar-refractivity contribution < 1.29 is 14.3 Å². The highest BCUT2D eigenvalue weighted by molar-refractivity contribution is 7.18. The van der Waals surface area contributed by atoms with Crippen LogP contribution in [0.1, 0.15) is 25.0 Å². The molecule has 0 bridgehead atoms. The van der Waals surface area contributed by atoms with E-state index in [1.807, 2.05) is 61.5 Å². The van der Waals surface area contributed by atoms with Gasteiger partial charge in [-0.15, -0.1) is 10.2 Å². The van der Waals surface area contributed by atoms with E-state index in [2.05, 4.69) is 20.8 Å². The van der Waals surface area contributed by atoms with Gasteiger partial charge < -0.3 is 10.1 Å². The van der Waals surface area contributed by atoms with Crippen LogP contribution in [0.4, 0.5) is 5.13 Å². The largest absolute Gasteiger partial charge is 0.367 e. The molecule has 2 amide bonds. The molecule has 7 nitrogen and oxygen atoms in total. The molecule has 8 heteroatoms. The lowest BCUT2D eigenvalue weighted by molar-refractivity contribution is -0.132. The van der Waals surface area contributed by atoms with Gasteiger partial charge in [-0.2, -0.15) is 0 Å². The fraction of sp³-hybridized carbons (Fsp3) is 0.273. The number of hydrogen-bond acceptors (Lipinski definition) is 6. The van der Waals surface area contributed by atoms with E-state index >= 15 is 0 Å². The molecule has 1 aromatic heterocycles. The molecule has 0 spiro atoms. The van der Waals surface area contributed by atoms with E-state index in [4.69, 9.17) is 4.74 Å². The van der Waals surface area contributed by atoms with E-state index in [1.54, 1.807) is 13.8 Å². The van der Waals surface area contributed by atoms with Gasteiger partial charge in [0, 0.05) is 5.56 Å². The van der Waals surface area contributed by atoms with Gasteiger partial charge in [0.1, 0.15) is 17.2 Å². The van der Waals surface area contributed by atoms with Crippen LogP contribution in [0, 0.1) is 6.92 Å². The highest BCUT2D eigenvalue weighted by Gasteiger charge is 2.30. The third-order valence-electron chi connectivity index (χ3n) is 4.31. The first kappa shape index (κ1) is 21.6. The molecule has 1 heterocycles. The monoisotopic (exact) mass is 424 g/mol. The van der Waals surface area contributed by atoms with Gasteiger partial charge in [0.15, 0.2) is 0 Å². The SMILES string of the molecule is Cc1ccc(-c2nnc(NC(=O)C(C)(C)NC(=O)COCc3ccccc3)s2)cc1. The Hall–Kier alpha value is -3.10. The Kier molecular flexibility index (Phi) is 6.91. The summed E-state index contributed by atoms with van der Waals surface area (Å²) in [5.41, 5.74) is 1.93. The number of carbonyl (C=O) groups excluding carboxylic acids is 2. The first-order valence-corrected chi connectivity index (χ1v) is 10.3. The lowest BCUT2D eigenvalue weighted by Gasteiger charge is -2.24. The minimum Gasteiger partial charge on any atom is -0.367 e. The molecule has 30 heavy (non-hydrogen) atoms. The summed E-state index contributed by atoms with van der Waals surface area (Å²) in [6, 6.07) is 17.5. The normalized spacial score (nSPS) is 11.2. The van der Waals surface area contributed by atoms with Gasteiger partial charge in [-0.05, 0) is 26.3 Å². The fourth-order valence-corrected chi connectivity index (χ4v) is 3.36. The van der Waals surface area contributed by atoms with Gasteiger partial charge in [0.2, 0.25) is 11.0 Å². The lowest BCUT2D eigenvalue weighted by atomic mass is 10.0. The van der Waals surface area contributed by atoms with Crippen LogP contribution in [-0.2, 0) is 20.9 Å². The molecule has 2 N–H and O–H groups in total. The van der Waals surface area contributed by atoms with Crippen molar-refractivity contribution in [1.29, 1.82) is 0 Å². The predicted molar refractivity (Wildman–Crippen MR) is 117 cm³/mol. The summed E-state index contributed by atoms with van der Waals surface area (Å²) in [4.78, 5) is 24.8. The van der Waals surface area contributed by atoms with Crippen molar-refractivity contribution in [3.05, 3.63) is 65.7 Å². The predicted octanol–water partition coefficient (Wildman–Crippen LogP) is 3.56. The zero-order valence-electron chi connectivity index (χ0n) is 17.1. The van der Waals surface area contributed by atoms with E-state index in [0.29, 0.717) is 16.7 Å². The topological polar surface area (TPSA) is 93.2 Å². The average Bonchev–Trinajstić information content (AvgIpc) is 3.17. The molecule has 0 radical (unpaired) electrons. The van der Waals surface area contributed by atoms with Crippen LogP contribution in [0.15, 0.2) is 54.6 Å². The minimum absolute atomic E-state index is 0.137. The highest BCUT2D eigenvalue weighted by Crippen LogP contribution is 2.26. The van der Waals surface area contributed by atoms with Gasteiger partial charge in [0.05, 0.1) is 6.61 Å². The number of hydrogen-bond donors (Lipinski definition) is 2. The first-order valence-electron chi connectivity index (χ1n) is 9.48. The summed E-state index contributed by atoms with van der Waals surface area (Å²) in [5, 5.41) is 14.7. The zero-order valence-corrected chi connectivity index (χ0v) is 18.0. The van der Waals surface area contributed by atoms with Crippen molar-refractivity contribution >= 4 is 28.3 Å². The Morgan fingerprint density at radius 2 is 1.73 bits per heavy atom. The Morgan fingerprint density at radius 3 is 2.43 bits per heavy atom. The van der Waals surface area contributed by atoms with Gasteiger partial charge >= 0.3 is 0 Å². The number of ether oxygens (including phenoxy) is 1. The van der Waals surface area contributed by atoms with E-state index in [-0.39, 0.29) is 18.4 Å². The second-order valence-corrected chi connectivity index (χ2v) is 8.36. The molecule has 3 aromatic rings. The van der Waals surface area contributed by atoms with Crippen molar-refractivity contribution in [3.8, 4) is 10.6 Å². The number of aromatic nitrogens is 2. The quantitative estimate of drug-likeness (QED) is 0.577. The summed E-state index contributed by atoms with van der Waals surface area (Å²) in [7, 11) is 0. The Labute approximate surface area is 179 Å². The van der Waals surface area contributed by atoms with Crippen LogP contribution in [0.3, 0.4) is 0 Å². The molecule has 0 fully saturated rings. The number of rotatable bonds is 8. The maximum atomic E-state index is 12.6. The highest BCUT2D eigenvalue weighted by atomic mass is 32.1. The molecule has 0 saturated heterocycles. The van der Waals surface area contributed by atoms with Crippen molar-refractivity contribution in [2.75, 3.05) is 11.9 Å². The van der Waals surface area contributed by atoms with Crippen LogP contribution in [-0.4, -0.2) is 34.2 Å². The third kappa shape index (κ3) is 5.95. The molecule has 0 aliphatic rings. The molecule has 0 aliphatic heterocycles. The third-order valence-corrected chi connectivity index (χ3v) is 5.20. The van der Waals surface area contributed by atoms with Crippen LogP contribution in [0.5, 0.6) is 0 Å². The van der Waals surface area contributed by atoms with Crippen molar-refractivity contribution in [2.24, 2.45) is 0 Å². The van der Waals surface area contributed by atoms with Crippen LogP contribution in [0.2, 0.25) is 0 Å². The van der Waals surface area contributed by atoms with Gasteiger partial charge in [0.25, 0.3) is 5.91 Å². The number of nitrogens with one attached hydrogen (secondary N) is 2. The zero-order chi connectivity index (χ0) is 21.6. The first-order chi connectivity index (χ1) is 14.3. The van der Waals surface area contributed by atoms with Crippen molar-refractivity contribution in [2.45, 2.75) is 32.9 Å². The standard InChI is InChI=1S/C22H24N4O3S/c1-15-9-11-17(12-10-15)19-25-26-21(30-19)23-20(28)22(2,3)24-18(27)14-29-13-16-7-5-4-6-8-16/h4-12H,13-14H2,1-3H3,(H,24,27)(H,23,26,28). The Morgan fingerprint density at radius 1 is 1.03 bits per heavy atom. The van der Waals surface area contributed by atoms with Gasteiger partial charge in [-0.1, -0.05) is 71.5 Å². The number of carbonyl (C=O) groups is 2. The molecule has 0 atom stereocenters. The summed E-state index contributed by atoms with van der Waals surface area (Å²) < 4.78 is 5.42. The smallest absolute Gasteiger partial charge is 0.251 e. The number of aryl methyl sites for hydroxylation is 1. The molecular weight excluding hydrogens is 400 g/mol. The summed E-state index contributed by atoms with van der Waals surface area (Å²) >= 11 is 1.28. The molecule has 3 rings (SSSR count). The van der Waals surface area contributed by atoms with Crippen LogP contribution >= 0.6 is 11.3 Å². The summed E-state index contributed by atoms with van der Waals surface area (Å²) in [5.74, 6) is -0.755. The van der Waals surface area contributed by atoms with Crippen LogP contribution < -0.4 is 10.6 Å². The summed E-state index contributed by atoms with van der Waals surface area (Å²) in [6.45, 7) is 5.45. The Balaban J connectivity index is 1.51. The molecule has 2 aromatic carbocycles. The summed E-state index contributed by atoms with van der Waals surface area (Å²) in [6.07, 6.45) is 0. The lowest BCUT2D eigenvalue weighted by Crippen LogP contribution is -2.53. The Bertz CT molecular complexity index is 1000. The van der Waals surface area contributed by atoms with Crippen molar-refractivity contribution in [3.63, 3.8) is 0 Å². The molecular formula is C22H24N4O3S. The van der Waals surface area contributed by atoms with E-state index in [9.17, 15) is 9.59 Å². The fourth-order valence-electron chi connectivity index (χ4n) is 2.62. The maximum absolute atomic E-state index is 12.6. The average molecular weight is 425 g/mol. The van der Waals surface area contributed by atoms with E-state index < -0.39 is 5.54 Å². The van der Waals surface area contributed by atoms with E-state index in [1.165, 1.54) is 11.3 Å². The molecule has 0 unspecified atom stereocenters.